The highest BCUT2D eigenvalue weighted by Gasteiger charge is 2.26. The lowest BCUT2D eigenvalue weighted by atomic mass is 10.1. The number of carbonyl (C=O) groups is 2. The summed E-state index contributed by atoms with van der Waals surface area (Å²) in [5.41, 5.74) is 0.992. The summed E-state index contributed by atoms with van der Waals surface area (Å²) >= 11 is 0. The van der Waals surface area contributed by atoms with E-state index in [2.05, 4.69) is 39.2 Å². The van der Waals surface area contributed by atoms with Crippen LogP contribution in [0.15, 0.2) is 33.4 Å². The number of amides is 1. The van der Waals surface area contributed by atoms with Crippen LogP contribution in [0.4, 0.5) is 5.69 Å². The second kappa shape index (κ2) is 17.5. The molecular weight excluding hydrogens is 436 g/mol. The zero-order valence-electron chi connectivity index (χ0n) is 21.7. The van der Waals surface area contributed by atoms with E-state index < -0.39 is 5.91 Å². The average molecular weight is 477 g/mol. The summed E-state index contributed by atoms with van der Waals surface area (Å²) in [6.07, 6.45) is 6.12. The molecule has 10 heteroatoms. The molecule has 0 fully saturated rings. The van der Waals surface area contributed by atoms with Gasteiger partial charge in [0.2, 0.25) is 0 Å². The molecule has 0 bridgehead atoms. The van der Waals surface area contributed by atoms with Crippen molar-refractivity contribution in [2.24, 2.45) is 15.2 Å². The van der Waals surface area contributed by atoms with Crippen LogP contribution in [0.1, 0.15) is 50.9 Å². The highest BCUT2D eigenvalue weighted by atomic mass is 16.5. The third-order valence-corrected chi connectivity index (χ3v) is 4.51. The normalized spacial score (nSPS) is 15.1. The number of anilines is 1. The molecule has 1 heterocycles. The molecule has 0 aliphatic carbocycles. The molecule has 0 saturated carbocycles. The molecule has 2 unspecified atom stereocenters. The highest BCUT2D eigenvalue weighted by Crippen LogP contribution is 2.25. The summed E-state index contributed by atoms with van der Waals surface area (Å²) in [6.45, 7) is 8.53. The summed E-state index contributed by atoms with van der Waals surface area (Å²) in [6, 6.07) is 4.97. The monoisotopic (exact) mass is 476 g/mol. The quantitative estimate of drug-likeness (QED) is 0.426. The summed E-state index contributed by atoms with van der Waals surface area (Å²) in [4.78, 5) is 44.5. The van der Waals surface area contributed by atoms with Gasteiger partial charge in [0.05, 0.1) is 18.3 Å². The Morgan fingerprint density at radius 3 is 2.35 bits per heavy atom. The number of hydrogen-bond donors (Lipinski definition) is 1. The maximum atomic E-state index is 11.0. The predicted octanol–water partition coefficient (Wildman–Crippen LogP) is 3.71. The van der Waals surface area contributed by atoms with E-state index in [-0.39, 0.29) is 17.8 Å². The van der Waals surface area contributed by atoms with Gasteiger partial charge in [0.25, 0.3) is 0 Å². The Morgan fingerprint density at radius 2 is 1.94 bits per heavy atom. The third kappa shape index (κ3) is 11.2. The molecule has 1 aromatic rings. The van der Waals surface area contributed by atoms with Crippen molar-refractivity contribution in [1.82, 2.24) is 9.80 Å². The van der Waals surface area contributed by atoms with Gasteiger partial charge in [0, 0.05) is 36.5 Å². The first-order chi connectivity index (χ1) is 16.2. The number of hydrogen-bond acceptors (Lipinski definition) is 9. The maximum Gasteiger partial charge on any atom is 0.316 e. The molecule has 0 spiro atoms. The Labute approximate surface area is 203 Å². The van der Waals surface area contributed by atoms with Gasteiger partial charge < -0.3 is 19.7 Å². The fourth-order valence-electron chi connectivity index (χ4n) is 3.09. The summed E-state index contributed by atoms with van der Waals surface area (Å²) in [7, 11) is 7.75. The molecule has 1 N–H and O–H groups in total. The van der Waals surface area contributed by atoms with E-state index in [1.165, 1.54) is 12.1 Å². The van der Waals surface area contributed by atoms with Gasteiger partial charge in [-0.05, 0) is 66.5 Å². The first-order valence-corrected chi connectivity index (χ1v) is 11.4. The van der Waals surface area contributed by atoms with Crippen LogP contribution in [0.2, 0.25) is 0 Å². The van der Waals surface area contributed by atoms with Gasteiger partial charge in [-0.1, -0.05) is 6.92 Å². The van der Waals surface area contributed by atoms with Gasteiger partial charge >= 0.3 is 5.91 Å². The zero-order valence-corrected chi connectivity index (χ0v) is 21.7. The van der Waals surface area contributed by atoms with Crippen LogP contribution >= 0.6 is 0 Å². The summed E-state index contributed by atoms with van der Waals surface area (Å²) in [5.74, 6) is -0.256. The second-order valence-electron chi connectivity index (χ2n) is 8.10. The Hall–Kier alpha value is -2.98. The van der Waals surface area contributed by atoms with E-state index >= 15 is 0 Å². The van der Waals surface area contributed by atoms with Crippen molar-refractivity contribution >= 4 is 30.4 Å². The first-order valence-electron chi connectivity index (χ1n) is 11.4. The lowest BCUT2D eigenvalue weighted by Crippen LogP contribution is -2.48. The van der Waals surface area contributed by atoms with Crippen molar-refractivity contribution in [3.05, 3.63) is 28.7 Å². The van der Waals surface area contributed by atoms with Crippen LogP contribution in [0.5, 0.6) is 5.75 Å². The first kappa shape index (κ1) is 31.0. The fraction of sp³-hybridized carbons (Fsp3) is 0.583. The molecule has 1 aliphatic heterocycles. The number of nitrogens with zero attached hydrogens (tertiary/aromatic N) is 5. The molecule has 2 rings (SSSR count). The Bertz CT molecular complexity index is 808. The molecule has 1 aromatic carbocycles. The lowest BCUT2D eigenvalue weighted by Gasteiger charge is -2.36. The van der Waals surface area contributed by atoms with E-state index in [1.54, 1.807) is 19.5 Å². The van der Waals surface area contributed by atoms with Crippen LogP contribution < -0.4 is 10.1 Å². The number of carbonyl (C=O) groups excluding carboxylic acids is 2. The summed E-state index contributed by atoms with van der Waals surface area (Å²) < 4.78 is 5.30. The smallest absolute Gasteiger partial charge is 0.316 e. The average Bonchev–Trinajstić information content (AvgIpc) is 2.82. The number of ether oxygens (including phenoxy) is 1. The minimum absolute atomic E-state index is 0.0429. The van der Waals surface area contributed by atoms with Crippen molar-refractivity contribution in [2.45, 2.75) is 58.8 Å². The fourth-order valence-corrected chi connectivity index (χ4v) is 3.09. The topological polar surface area (TPSA) is 116 Å². The Morgan fingerprint density at radius 1 is 1.29 bits per heavy atom. The van der Waals surface area contributed by atoms with E-state index in [1.807, 2.05) is 46.1 Å². The standard InChI is InChI=1S/C11H19N3O.C10H12N2O3.C3H9N/c1-4-10(7-15)14(9(2)3)11-5-6-12-8-13-11;1-3-15-9-6-7(10(13)12-14)4-5-8(9)11-2;1-4(2)3/h6-11H,4-5H2,1-3H3;4-6,11H,3H2,1-2H3;1-3H3. The van der Waals surface area contributed by atoms with Crippen LogP contribution in [0.3, 0.4) is 0 Å². The number of rotatable bonds is 9. The zero-order chi connectivity index (χ0) is 26.1. The maximum absolute atomic E-state index is 11.0. The molecule has 1 amide bonds. The number of aldehydes is 1. The van der Waals surface area contributed by atoms with E-state index in [9.17, 15) is 14.5 Å². The number of benzene rings is 1. The molecule has 10 nitrogen and oxygen atoms in total. The van der Waals surface area contributed by atoms with Crippen molar-refractivity contribution < 1.29 is 14.3 Å². The third-order valence-electron chi connectivity index (χ3n) is 4.51. The lowest BCUT2D eigenvalue weighted by molar-refractivity contribution is -0.114. The molecule has 2 atom stereocenters. The van der Waals surface area contributed by atoms with E-state index in [0.717, 1.165) is 24.8 Å². The van der Waals surface area contributed by atoms with Gasteiger partial charge in [-0.3, -0.25) is 14.7 Å². The van der Waals surface area contributed by atoms with Crippen molar-refractivity contribution in [1.29, 1.82) is 0 Å². The Balaban J connectivity index is 0.000000554. The number of aliphatic imine (C=N–C) groups is 2. The van der Waals surface area contributed by atoms with Crippen LogP contribution in [0.25, 0.3) is 0 Å². The van der Waals surface area contributed by atoms with Crippen LogP contribution in [-0.4, -0.2) is 87.6 Å². The van der Waals surface area contributed by atoms with Gasteiger partial charge in [0.15, 0.2) is 0 Å². The van der Waals surface area contributed by atoms with Gasteiger partial charge in [0.1, 0.15) is 24.5 Å². The van der Waals surface area contributed by atoms with Crippen LogP contribution in [-0.2, 0) is 4.79 Å². The van der Waals surface area contributed by atoms with E-state index in [4.69, 9.17) is 4.74 Å². The van der Waals surface area contributed by atoms with E-state index in [0.29, 0.717) is 18.4 Å². The highest BCUT2D eigenvalue weighted by molar-refractivity contribution is 5.95. The van der Waals surface area contributed by atoms with Gasteiger partial charge in [-0.2, -0.15) is 0 Å². The largest absolute Gasteiger partial charge is 0.492 e. The predicted molar refractivity (Wildman–Crippen MR) is 139 cm³/mol. The Kier molecular flexibility index (Phi) is 16.0. The molecule has 34 heavy (non-hydrogen) atoms. The van der Waals surface area contributed by atoms with Crippen molar-refractivity contribution in [3.63, 3.8) is 0 Å². The SMILES string of the molecule is CCC(C=O)N(C(C)C)C1CC=NC=N1.CCOc1cc(C(=O)N=O)ccc1NC.CN(C)C. The van der Waals surface area contributed by atoms with Crippen molar-refractivity contribution in [3.8, 4) is 5.75 Å². The second-order valence-corrected chi connectivity index (χ2v) is 8.10. The molecule has 0 saturated heterocycles. The minimum atomic E-state index is -0.793. The molecule has 190 valence electrons. The molecule has 1 aliphatic rings. The molecular formula is C24H40N6O4. The number of nitroso groups, excluding NO2 is 1. The minimum Gasteiger partial charge on any atom is -0.492 e. The van der Waals surface area contributed by atoms with Gasteiger partial charge in [-0.15, -0.1) is 4.91 Å². The molecule has 0 aromatic heterocycles. The summed E-state index contributed by atoms with van der Waals surface area (Å²) in [5, 5.41) is 5.27. The molecule has 0 radical (unpaired) electrons. The number of nitrogens with one attached hydrogen (secondary N) is 1. The van der Waals surface area contributed by atoms with Crippen LogP contribution in [0, 0.1) is 4.91 Å². The van der Waals surface area contributed by atoms with Crippen molar-refractivity contribution in [2.75, 3.05) is 40.1 Å². The van der Waals surface area contributed by atoms with Gasteiger partial charge in [-0.25, -0.2) is 4.99 Å².